The van der Waals surface area contributed by atoms with Gasteiger partial charge in [-0.15, -0.1) is 0 Å². The van der Waals surface area contributed by atoms with Crippen LogP contribution in [0, 0.1) is 6.92 Å². The fourth-order valence-corrected chi connectivity index (χ4v) is 2.46. The van der Waals surface area contributed by atoms with E-state index >= 15 is 0 Å². The van der Waals surface area contributed by atoms with Crippen LogP contribution in [-0.2, 0) is 11.3 Å². The van der Waals surface area contributed by atoms with Gasteiger partial charge in [0.15, 0.2) is 6.61 Å². The lowest BCUT2D eigenvalue weighted by molar-refractivity contribution is -0.123. The van der Waals surface area contributed by atoms with Crippen LogP contribution in [0.4, 0.5) is 0 Å². The van der Waals surface area contributed by atoms with Crippen LogP contribution in [0.3, 0.4) is 0 Å². The van der Waals surface area contributed by atoms with Crippen LogP contribution in [0.15, 0.2) is 54.6 Å². The van der Waals surface area contributed by atoms with Crippen molar-refractivity contribution in [3.8, 4) is 5.75 Å². The molecular weight excluding hydrogens is 324 g/mol. The van der Waals surface area contributed by atoms with Crippen LogP contribution in [0.1, 0.15) is 11.3 Å². The zero-order valence-electron chi connectivity index (χ0n) is 13.3. The Hall–Kier alpha value is -2.59. The molecule has 0 aliphatic carbocycles. The number of ether oxygens (including phenoxy) is 1. The van der Waals surface area contributed by atoms with Crippen molar-refractivity contribution in [2.45, 2.75) is 13.5 Å². The first kappa shape index (κ1) is 16.3. The molecule has 1 heterocycles. The molecule has 0 unspecified atom stereocenters. The molecule has 1 amide bonds. The van der Waals surface area contributed by atoms with E-state index < -0.39 is 0 Å². The first-order valence-electron chi connectivity index (χ1n) is 7.62. The number of aryl methyl sites for hydroxylation is 1. The summed E-state index contributed by atoms with van der Waals surface area (Å²) in [6.45, 7) is 2.31. The Morgan fingerprint density at radius 3 is 2.71 bits per heavy atom. The van der Waals surface area contributed by atoms with Crippen molar-refractivity contribution in [2.75, 3.05) is 6.61 Å². The Labute approximate surface area is 145 Å². The van der Waals surface area contributed by atoms with Crippen LogP contribution >= 0.6 is 11.6 Å². The van der Waals surface area contributed by atoms with Crippen LogP contribution in [0.2, 0.25) is 5.02 Å². The summed E-state index contributed by atoms with van der Waals surface area (Å²) in [6, 6.07) is 17.0. The standard InChI is InChI=1S/C19H17ClN2O2/c1-13-5-8-15-3-2-4-17(19(15)22-13)24-12-18(23)21-11-14-6-9-16(20)10-7-14/h2-10H,11-12H2,1H3,(H,21,23). The highest BCUT2D eigenvalue weighted by Gasteiger charge is 2.07. The second-order valence-corrected chi connectivity index (χ2v) is 5.91. The van der Waals surface area contributed by atoms with Gasteiger partial charge in [0.1, 0.15) is 11.3 Å². The topological polar surface area (TPSA) is 51.2 Å². The maximum absolute atomic E-state index is 12.0. The number of rotatable bonds is 5. The van der Waals surface area contributed by atoms with E-state index in [1.807, 2.05) is 49.4 Å². The minimum Gasteiger partial charge on any atom is -0.481 e. The van der Waals surface area contributed by atoms with Gasteiger partial charge >= 0.3 is 0 Å². The average molecular weight is 341 g/mol. The van der Waals surface area contributed by atoms with Gasteiger partial charge in [0.2, 0.25) is 0 Å². The van der Waals surface area contributed by atoms with Crippen LogP contribution in [-0.4, -0.2) is 17.5 Å². The number of fused-ring (bicyclic) bond motifs is 1. The van der Waals surface area contributed by atoms with Crippen molar-refractivity contribution in [3.63, 3.8) is 0 Å². The zero-order chi connectivity index (χ0) is 16.9. The largest absolute Gasteiger partial charge is 0.481 e. The molecule has 4 nitrogen and oxygen atoms in total. The number of amides is 1. The Balaban J connectivity index is 1.60. The summed E-state index contributed by atoms with van der Waals surface area (Å²) in [5, 5.41) is 4.48. The van der Waals surface area contributed by atoms with E-state index in [4.69, 9.17) is 16.3 Å². The summed E-state index contributed by atoms with van der Waals surface area (Å²) in [4.78, 5) is 16.5. The van der Waals surface area contributed by atoms with Crippen LogP contribution in [0.25, 0.3) is 10.9 Å². The molecule has 3 aromatic rings. The van der Waals surface area contributed by atoms with Crippen molar-refractivity contribution >= 4 is 28.4 Å². The van der Waals surface area contributed by atoms with E-state index in [2.05, 4.69) is 10.3 Å². The number of carbonyl (C=O) groups is 1. The van der Waals surface area contributed by atoms with E-state index in [0.29, 0.717) is 17.3 Å². The summed E-state index contributed by atoms with van der Waals surface area (Å²) in [7, 11) is 0. The highest BCUT2D eigenvalue weighted by atomic mass is 35.5. The number of carbonyl (C=O) groups excluding carboxylic acids is 1. The van der Waals surface area contributed by atoms with Crippen molar-refractivity contribution in [1.82, 2.24) is 10.3 Å². The molecule has 1 aromatic heterocycles. The first-order valence-corrected chi connectivity index (χ1v) is 8.00. The Bertz CT molecular complexity index is 863. The maximum atomic E-state index is 12.0. The van der Waals surface area contributed by atoms with Crippen LogP contribution in [0.5, 0.6) is 5.75 Å². The lowest BCUT2D eigenvalue weighted by atomic mass is 10.2. The second kappa shape index (κ2) is 7.32. The van der Waals surface area contributed by atoms with E-state index in [1.54, 1.807) is 12.1 Å². The molecule has 1 N–H and O–H groups in total. The van der Waals surface area contributed by atoms with Gasteiger partial charge in [-0.2, -0.15) is 0 Å². The number of hydrogen-bond acceptors (Lipinski definition) is 3. The van der Waals surface area contributed by atoms with E-state index in [1.165, 1.54) is 0 Å². The lowest BCUT2D eigenvalue weighted by Gasteiger charge is -2.10. The number of aromatic nitrogens is 1. The van der Waals surface area contributed by atoms with Crippen LogP contribution < -0.4 is 10.1 Å². The quantitative estimate of drug-likeness (QED) is 0.766. The van der Waals surface area contributed by atoms with Gasteiger partial charge in [-0.3, -0.25) is 4.79 Å². The van der Waals surface area contributed by atoms with Crippen molar-refractivity contribution < 1.29 is 9.53 Å². The molecule has 0 spiro atoms. The normalized spacial score (nSPS) is 10.6. The molecule has 0 bridgehead atoms. The summed E-state index contributed by atoms with van der Waals surface area (Å²) >= 11 is 5.84. The lowest BCUT2D eigenvalue weighted by Crippen LogP contribution is -2.28. The highest BCUT2D eigenvalue weighted by Crippen LogP contribution is 2.23. The number of halogens is 1. The fraction of sp³-hybridized carbons (Fsp3) is 0.158. The molecular formula is C19H17ClN2O2. The Kier molecular flexibility index (Phi) is 4.96. The Morgan fingerprint density at radius 2 is 1.92 bits per heavy atom. The van der Waals surface area contributed by atoms with Gasteiger partial charge in [0.05, 0.1) is 0 Å². The third-order valence-electron chi connectivity index (χ3n) is 3.58. The zero-order valence-corrected chi connectivity index (χ0v) is 14.0. The number of benzene rings is 2. The molecule has 2 aromatic carbocycles. The molecule has 0 aliphatic rings. The number of para-hydroxylation sites is 1. The van der Waals surface area contributed by atoms with Crippen molar-refractivity contribution in [2.24, 2.45) is 0 Å². The average Bonchev–Trinajstić information content (AvgIpc) is 2.59. The molecule has 0 aliphatic heterocycles. The molecule has 0 saturated carbocycles. The van der Waals surface area contributed by atoms with E-state index in [0.717, 1.165) is 22.2 Å². The van der Waals surface area contributed by atoms with E-state index in [-0.39, 0.29) is 12.5 Å². The highest BCUT2D eigenvalue weighted by molar-refractivity contribution is 6.30. The third-order valence-corrected chi connectivity index (χ3v) is 3.84. The van der Waals surface area contributed by atoms with Crippen molar-refractivity contribution in [1.29, 1.82) is 0 Å². The Morgan fingerprint density at radius 1 is 1.12 bits per heavy atom. The molecule has 24 heavy (non-hydrogen) atoms. The molecule has 5 heteroatoms. The smallest absolute Gasteiger partial charge is 0.258 e. The van der Waals surface area contributed by atoms with Gasteiger partial charge in [0.25, 0.3) is 5.91 Å². The second-order valence-electron chi connectivity index (χ2n) is 5.47. The summed E-state index contributed by atoms with van der Waals surface area (Å²) < 4.78 is 5.65. The predicted octanol–water partition coefficient (Wildman–Crippen LogP) is 3.89. The molecule has 122 valence electrons. The van der Waals surface area contributed by atoms with Gasteiger partial charge in [-0.05, 0) is 36.8 Å². The summed E-state index contributed by atoms with van der Waals surface area (Å²) in [6.07, 6.45) is 0. The summed E-state index contributed by atoms with van der Waals surface area (Å²) in [5.41, 5.74) is 2.66. The molecule has 0 radical (unpaired) electrons. The molecule has 0 saturated heterocycles. The molecule has 3 rings (SSSR count). The van der Waals surface area contributed by atoms with Gasteiger partial charge < -0.3 is 10.1 Å². The predicted molar refractivity (Wildman–Crippen MR) is 95.3 cm³/mol. The van der Waals surface area contributed by atoms with E-state index in [9.17, 15) is 4.79 Å². The number of hydrogen-bond donors (Lipinski definition) is 1. The minimum atomic E-state index is -0.186. The number of nitrogens with one attached hydrogen (secondary N) is 1. The monoisotopic (exact) mass is 340 g/mol. The number of pyridine rings is 1. The first-order chi connectivity index (χ1) is 11.6. The van der Waals surface area contributed by atoms with Gasteiger partial charge in [-0.25, -0.2) is 4.98 Å². The SMILES string of the molecule is Cc1ccc2cccc(OCC(=O)NCc3ccc(Cl)cc3)c2n1. The number of nitrogens with zero attached hydrogens (tertiary/aromatic N) is 1. The third kappa shape index (κ3) is 4.03. The fourth-order valence-electron chi connectivity index (χ4n) is 2.33. The van der Waals surface area contributed by atoms with Gasteiger partial charge in [-0.1, -0.05) is 41.9 Å². The minimum absolute atomic E-state index is 0.0532. The van der Waals surface area contributed by atoms with Gasteiger partial charge in [0, 0.05) is 22.6 Å². The molecule has 0 fully saturated rings. The maximum Gasteiger partial charge on any atom is 0.258 e. The molecule has 0 atom stereocenters. The summed E-state index contributed by atoms with van der Waals surface area (Å²) in [5.74, 6) is 0.424. The van der Waals surface area contributed by atoms with Crippen molar-refractivity contribution in [3.05, 3.63) is 70.9 Å².